The van der Waals surface area contributed by atoms with E-state index in [0.717, 1.165) is 32.0 Å². The summed E-state index contributed by atoms with van der Waals surface area (Å²) in [4.78, 5) is 4.28. The lowest BCUT2D eigenvalue weighted by Gasteiger charge is -2.17. The molecule has 0 fully saturated rings. The third-order valence-corrected chi connectivity index (χ3v) is 1.70. The molecule has 0 spiro atoms. The van der Waals surface area contributed by atoms with Gasteiger partial charge in [-0.2, -0.15) is 0 Å². The zero-order valence-corrected chi connectivity index (χ0v) is 9.26. The second-order valence-corrected chi connectivity index (χ2v) is 4.07. The minimum absolute atomic E-state index is 0.00832. The van der Waals surface area contributed by atoms with Crippen molar-refractivity contribution in [1.29, 1.82) is 0 Å². The molecule has 0 radical (unpaired) electrons. The lowest BCUT2D eigenvalue weighted by atomic mass is 9.95. The predicted octanol–water partition coefficient (Wildman–Crippen LogP) is 1.82. The highest BCUT2D eigenvalue weighted by molar-refractivity contribution is 5.85. The van der Waals surface area contributed by atoms with Gasteiger partial charge in [-0.05, 0) is 13.3 Å². The predicted molar refractivity (Wildman–Crippen MR) is 57.1 cm³/mol. The zero-order valence-electron chi connectivity index (χ0n) is 9.26. The average Bonchev–Trinajstić information content (AvgIpc) is 2.02. The Balaban J connectivity index is 3.60. The van der Waals surface area contributed by atoms with Crippen LogP contribution in [0.1, 0.15) is 34.1 Å². The molecule has 13 heavy (non-hydrogen) atoms. The molecule has 0 aromatic rings. The summed E-state index contributed by atoms with van der Waals surface area (Å²) in [7, 11) is 0. The fourth-order valence-electron chi connectivity index (χ4n) is 0.748. The van der Waals surface area contributed by atoms with E-state index < -0.39 is 0 Å². The molecule has 0 unspecified atom stereocenters. The van der Waals surface area contributed by atoms with E-state index in [4.69, 9.17) is 10.5 Å². The normalized spacial score (nSPS) is 13.4. The monoisotopic (exact) mass is 186 g/mol. The summed E-state index contributed by atoms with van der Waals surface area (Å²) in [5.74, 6) is 0.726. The summed E-state index contributed by atoms with van der Waals surface area (Å²) in [5.41, 5.74) is 5.77. The molecule has 3 heteroatoms. The third-order valence-electron chi connectivity index (χ3n) is 1.70. The van der Waals surface area contributed by atoms with Crippen molar-refractivity contribution in [2.75, 3.05) is 19.8 Å². The van der Waals surface area contributed by atoms with Crippen LogP contribution in [0.15, 0.2) is 4.99 Å². The Bertz CT molecular complexity index is 159. The first-order valence-corrected chi connectivity index (χ1v) is 4.86. The van der Waals surface area contributed by atoms with Crippen LogP contribution in [-0.4, -0.2) is 25.6 Å². The summed E-state index contributed by atoms with van der Waals surface area (Å²) < 4.78 is 5.19. The Hall–Kier alpha value is -0.570. The molecule has 0 aromatic carbocycles. The SMILES string of the molecule is CCOCCCN=C(N)C(C)(C)C. The molecule has 0 rings (SSSR count). The molecule has 0 saturated carbocycles. The van der Waals surface area contributed by atoms with Crippen molar-refractivity contribution in [2.45, 2.75) is 34.1 Å². The molecule has 0 saturated heterocycles. The van der Waals surface area contributed by atoms with Crippen molar-refractivity contribution in [3.05, 3.63) is 0 Å². The van der Waals surface area contributed by atoms with Crippen LogP contribution >= 0.6 is 0 Å². The maximum absolute atomic E-state index is 5.77. The Morgan fingerprint density at radius 2 is 2.00 bits per heavy atom. The Kier molecular flexibility index (Phi) is 5.71. The van der Waals surface area contributed by atoms with E-state index in [-0.39, 0.29) is 5.41 Å². The molecule has 0 aliphatic carbocycles. The highest BCUT2D eigenvalue weighted by Gasteiger charge is 2.14. The Morgan fingerprint density at radius 3 is 2.46 bits per heavy atom. The maximum Gasteiger partial charge on any atom is 0.0991 e. The fraction of sp³-hybridized carbons (Fsp3) is 0.900. The van der Waals surface area contributed by atoms with Crippen molar-refractivity contribution in [1.82, 2.24) is 0 Å². The van der Waals surface area contributed by atoms with Crippen LogP contribution in [0.5, 0.6) is 0 Å². The van der Waals surface area contributed by atoms with Crippen molar-refractivity contribution < 1.29 is 4.74 Å². The summed E-state index contributed by atoms with van der Waals surface area (Å²) in [6, 6.07) is 0. The number of ether oxygens (including phenoxy) is 1. The van der Waals surface area contributed by atoms with Gasteiger partial charge in [-0.3, -0.25) is 4.99 Å². The van der Waals surface area contributed by atoms with Crippen molar-refractivity contribution >= 4 is 5.84 Å². The number of aliphatic imine (C=N–C) groups is 1. The lowest BCUT2D eigenvalue weighted by molar-refractivity contribution is 0.146. The van der Waals surface area contributed by atoms with Gasteiger partial charge in [0.05, 0.1) is 5.84 Å². The molecule has 0 aliphatic heterocycles. The zero-order chi connectivity index (χ0) is 10.3. The van der Waals surface area contributed by atoms with Gasteiger partial charge in [0, 0.05) is 25.2 Å². The van der Waals surface area contributed by atoms with Crippen LogP contribution in [0.2, 0.25) is 0 Å². The van der Waals surface area contributed by atoms with E-state index in [0.29, 0.717) is 0 Å². The van der Waals surface area contributed by atoms with E-state index >= 15 is 0 Å². The number of amidine groups is 1. The molecule has 0 atom stereocenters. The van der Waals surface area contributed by atoms with Crippen LogP contribution in [0, 0.1) is 5.41 Å². The molecule has 0 amide bonds. The van der Waals surface area contributed by atoms with E-state index in [1.807, 2.05) is 6.92 Å². The number of hydrogen-bond donors (Lipinski definition) is 1. The topological polar surface area (TPSA) is 47.6 Å². The first-order valence-electron chi connectivity index (χ1n) is 4.86. The first kappa shape index (κ1) is 12.4. The van der Waals surface area contributed by atoms with Crippen LogP contribution in [-0.2, 0) is 4.74 Å². The molecule has 0 bridgehead atoms. The Labute approximate surface area is 81.4 Å². The standard InChI is InChI=1S/C10H22N2O/c1-5-13-8-6-7-12-9(11)10(2,3)4/h5-8H2,1-4H3,(H2,11,12). The average molecular weight is 186 g/mol. The van der Waals surface area contributed by atoms with Gasteiger partial charge in [0.25, 0.3) is 0 Å². The quantitative estimate of drug-likeness (QED) is 0.404. The summed E-state index contributed by atoms with van der Waals surface area (Å²) >= 11 is 0. The highest BCUT2D eigenvalue weighted by atomic mass is 16.5. The highest BCUT2D eigenvalue weighted by Crippen LogP contribution is 2.12. The molecular formula is C10H22N2O. The number of nitrogens with zero attached hydrogens (tertiary/aromatic N) is 1. The minimum atomic E-state index is -0.00832. The lowest BCUT2D eigenvalue weighted by Crippen LogP contribution is -2.29. The van der Waals surface area contributed by atoms with Gasteiger partial charge in [-0.15, -0.1) is 0 Å². The van der Waals surface area contributed by atoms with E-state index in [1.165, 1.54) is 0 Å². The van der Waals surface area contributed by atoms with Gasteiger partial charge in [-0.25, -0.2) is 0 Å². The number of rotatable bonds is 5. The molecule has 2 N–H and O–H groups in total. The maximum atomic E-state index is 5.77. The second kappa shape index (κ2) is 5.97. The fourth-order valence-corrected chi connectivity index (χ4v) is 0.748. The minimum Gasteiger partial charge on any atom is -0.387 e. The third kappa shape index (κ3) is 6.58. The van der Waals surface area contributed by atoms with E-state index in [1.54, 1.807) is 0 Å². The molecule has 0 heterocycles. The second-order valence-electron chi connectivity index (χ2n) is 4.07. The summed E-state index contributed by atoms with van der Waals surface area (Å²) in [5, 5.41) is 0. The summed E-state index contributed by atoms with van der Waals surface area (Å²) in [6.07, 6.45) is 0.949. The molecular weight excluding hydrogens is 164 g/mol. The van der Waals surface area contributed by atoms with E-state index in [9.17, 15) is 0 Å². The van der Waals surface area contributed by atoms with Gasteiger partial charge >= 0.3 is 0 Å². The van der Waals surface area contributed by atoms with Crippen molar-refractivity contribution in [3.8, 4) is 0 Å². The molecule has 78 valence electrons. The number of nitrogens with two attached hydrogens (primary N) is 1. The summed E-state index contributed by atoms with van der Waals surface area (Å²) in [6.45, 7) is 10.5. The smallest absolute Gasteiger partial charge is 0.0991 e. The van der Waals surface area contributed by atoms with Crippen LogP contribution < -0.4 is 5.73 Å². The van der Waals surface area contributed by atoms with Gasteiger partial charge in [0.2, 0.25) is 0 Å². The Morgan fingerprint density at radius 1 is 1.38 bits per heavy atom. The van der Waals surface area contributed by atoms with Crippen molar-refractivity contribution in [2.24, 2.45) is 16.1 Å². The van der Waals surface area contributed by atoms with Crippen LogP contribution in [0.25, 0.3) is 0 Å². The van der Waals surface area contributed by atoms with Gasteiger partial charge in [0.15, 0.2) is 0 Å². The molecule has 3 nitrogen and oxygen atoms in total. The van der Waals surface area contributed by atoms with Gasteiger partial charge < -0.3 is 10.5 Å². The van der Waals surface area contributed by atoms with Gasteiger partial charge in [-0.1, -0.05) is 20.8 Å². The molecule has 0 aromatic heterocycles. The van der Waals surface area contributed by atoms with Crippen LogP contribution in [0.3, 0.4) is 0 Å². The first-order chi connectivity index (χ1) is 5.98. The largest absolute Gasteiger partial charge is 0.387 e. The van der Waals surface area contributed by atoms with E-state index in [2.05, 4.69) is 25.8 Å². The molecule has 0 aliphatic rings. The van der Waals surface area contributed by atoms with Gasteiger partial charge in [0.1, 0.15) is 0 Å². The number of hydrogen-bond acceptors (Lipinski definition) is 2. The van der Waals surface area contributed by atoms with Crippen LogP contribution in [0.4, 0.5) is 0 Å². The van der Waals surface area contributed by atoms with Crippen molar-refractivity contribution in [3.63, 3.8) is 0 Å².